The molecular weight excluding hydrogens is 827 g/mol. The summed E-state index contributed by atoms with van der Waals surface area (Å²) in [6.07, 6.45) is -2.16. The third kappa shape index (κ3) is 15.0. The van der Waals surface area contributed by atoms with Gasteiger partial charge in [0, 0.05) is 51.0 Å². The number of esters is 1. The summed E-state index contributed by atoms with van der Waals surface area (Å²) >= 11 is 0. The van der Waals surface area contributed by atoms with Gasteiger partial charge in [0.2, 0.25) is 5.91 Å². The van der Waals surface area contributed by atoms with Gasteiger partial charge in [0.25, 0.3) is 0 Å². The van der Waals surface area contributed by atoms with Crippen molar-refractivity contribution < 1.29 is 63.5 Å². The number of hydrogen-bond donors (Lipinski definition) is 6. The number of amides is 1. The van der Waals surface area contributed by atoms with E-state index >= 15 is 0 Å². The highest BCUT2D eigenvalue weighted by molar-refractivity contribution is 5.75. The SMILES string of the molecule is CCCCCCCC(=O)NCCCN(C)[C@H]1C[C@@H](C)O[C@@H](O[C@@H]2[C@@H](C)[C@H](O[C@H]3C[C@@](C)(OC)[C@@H](O)[C@H](C)O3)[C@@H](C)C(=O)O[C@H](CC)[C@@](C)(O)[C@H](O)[C@@H](C)N(C)C[C@H](C)C[C@@]2(C)O)[C@@H]1O. The van der Waals surface area contributed by atoms with E-state index in [1.807, 2.05) is 39.8 Å². The van der Waals surface area contributed by atoms with E-state index in [2.05, 4.69) is 17.1 Å². The van der Waals surface area contributed by atoms with Crippen LogP contribution in [-0.4, -0.2) is 178 Å². The first-order chi connectivity index (χ1) is 29.8. The normalized spacial score (nSPS) is 42.4. The van der Waals surface area contributed by atoms with Crippen LogP contribution < -0.4 is 5.32 Å². The molecule has 3 saturated heterocycles. The van der Waals surface area contributed by atoms with Crippen molar-refractivity contribution in [1.82, 2.24) is 15.1 Å². The van der Waals surface area contributed by atoms with Crippen molar-refractivity contribution >= 4 is 11.9 Å². The standard InChI is InChI=1S/C48H91N3O13/c1-15-17-18-19-20-22-37(52)49-23-21-24-50(12)35-25-30(4)60-45(39(35)53)64-43-31(5)40(63-38-27-47(10,59-14)42(55)34(8)61-38)32(6)44(56)62-36(16-2)48(11,58)41(54)33(7)51(13)28-29(3)26-46(43,9)57/h29-36,38-43,45,53-55,57-58H,15-28H2,1-14H3,(H,49,52)/t29-,30-,31+,32-,33-,34+,35+,36-,38+,39-,40+,41-,42+,43-,45+,46-,47-,48-/m1/s1. The van der Waals surface area contributed by atoms with Crippen molar-refractivity contribution in [3.8, 4) is 0 Å². The monoisotopic (exact) mass is 918 g/mol. The Morgan fingerprint density at radius 2 is 1.58 bits per heavy atom. The summed E-state index contributed by atoms with van der Waals surface area (Å²) in [6, 6.07) is -0.936. The molecule has 3 rings (SSSR count). The molecule has 0 bridgehead atoms. The Hall–Kier alpha value is -1.54. The number of aliphatic hydroxyl groups excluding tert-OH is 3. The zero-order chi connectivity index (χ0) is 48.3. The quantitative estimate of drug-likeness (QED) is 0.0896. The number of carbonyl (C=O) groups excluding carboxylic acids is 2. The van der Waals surface area contributed by atoms with Crippen LogP contribution in [0, 0.1) is 17.8 Å². The predicted molar refractivity (Wildman–Crippen MR) is 244 cm³/mol. The molecule has 0 radical (unpaired) electrons. The molecule has 3 heterocycles. The van der Waals surface area contributed by atoms with Crippen molar-refractivity contribution in [2.45, 2.75) is 237 Å². The van der Waals surface area contributed by atoms with Crippen molar-refractivity contribution in [3.63, 3.8) is 0 Å². The molecule has 0 aromatic heterocycles. The van der Waals surface area contributed by atoms with Gasteiger partial charge in [0.15, 0.2) is 12.6 Å². The summed E-state index contributed by atoms with van der Waals surface area (Å²) in [7, 11) is 5.28. The molecule has 6 N–H and O–H groups in total. The number of ether oxygens (including phenoxy) is 6. The minimum absolute atomic E-state index is 0.0529. The van der Waals surface area contributed by atoms with Crippen LogP contribution in [0.15, 0.2) is 0 Å². The molecule has 0 aromatic carbocycles. The van der Waals surface area contributed by atoms with Crippen LogP contribution in [0.5, 0.6) is 0 Å². The van der Waals surface area contributed by atoms with Gasteiger partial charge in [-0.3, -0.25) is 9.59 Å². The Bertz CT molecular complexity index is 1410. The fourth-order valence-electron chi connectivity index (χ4n) is 10.4. The molecule has 0 saturated carbocycles. The van der Waals surface area contributed by atoms with E-state index < -0.39 is 96.0 Å². The molecule has 16 nitrogen and oxygen atoms in total. The first-order valence-corrected chi connectivity index (χ1v) is 24.4. The van der Waals surface area contributed by atoms with Gasteiger partial charge in [0.1, 0.15) is 30.0 Å². The van der Waals surface area contributed by atoms with Gasteiger partial charge in [0.05, 0.1) is 41.5 Å². The lowest BCUT2D eigenvalue weighted by Crippen LogP contribution is -2.61. The molecule has 3 aliphatic heterocycles. The van der Waals surface area contributed by atoms with Crippen LogP contribution in [0.2, 0.25) is 0 Å². The van der Waals surface area contributed by atoms with Crippen molar-refractivity contribution in [2.24, 2.45) is 17.8 Å². The zero-order valence-electron chi connectivity index (χ0n) is 42.0. The number of cyclic esters (lactones) is 1. The number of methoxy groups -OCH3 is 1. The first-order valence-electron chi connectivity index (χ1n) is 24.4. The third-order valence-electron chi connectivity index (χ3n) is 14.6. The molecule has 0 unspecified atom stereocenters. The van der Waals surface area contributed by atoms with Gasteiger partial charge in [-0.05, 0) is 107 Å². The molecule has 64 heavy (non-hydrogen) atoms. The van der Waals surface area contributed by atoms with E-state index in [4.69, 9.17) is 28.4 Å². The van der Waals surface area contributed by atoms with E-state index in [9.17, 15) is 35.1 Å². The molecule has 18 atom stereocenters. The van der Waals surface area contributed by atoms with E-state index in [1.165, 1.54) is 20.5 Å². The van der Waals surface area contributed by atoms with Gasteiger partial charge >= 0.3 is 5.97 Å². The lowest BCUT2D eigenvalue weighted by molar-refractivity contribution is -0.318. The number of hydrogen-bond acceptors (Lipinski definition) is 15. The fraction of sp³-hybridized carbons (Fsp3) is 0.958. The van der Waals surface area contributed by atoms with Crippen molar-refractivity contribution in [3.05, 3.63) is 0 Å². The number of carbonyl (C=O) groups is 2. The lowest BCUT2D eigenvalue weighted by atomic mass is 9.77. The summed E-state index contributed by atoms with van der Waals surface area (Å²) in [5.74, 6) is -2.67. The van der Waals surface area contributed by atoms with E-state index in [0.29, 0.717) is 38.9 Å². The third-order valence-corrected chi connectivity index (χ3v) is 14.6. The van der Waals surface area contributed by atoms with Crippen molar-refractivity contribution in [2.75, 3.05) is 40.8 Å². The molecule has 3 aliphatic rings. The van der Waals surface area contributed by atoms with Crippen LogP contribution in [-0.2, 0) is 38.0 Å². The van der Waals surface area contributed by atoms with Crippen LogP contribution in [0.4, 0.5) is 0 Å². The van der Waals surface area contributed by atoms with Crippen LogP contribution in [0.3, 0.4) is 0 Å². The number of rotatable bonds is 17. The molecule has 0 spiro atoms. The van der Waals surface area contributed by atoms with Crippen LogP contribution >= 0.6 is 0 Å². The molecule has 16 heteroatoms. The second-order valence-electron chi connectivity index (χ2n) is 20.5. The topological polar surface area (TPSA) is 209 Å². The Morgan fingerprint density at radius 3 is 2.20 bits per heavy atom. The maximum Gasteiger partial charge on any atom is 0.311 e. The van der Waals surface area contributed by atoms with E-state index in [0.717, 1.165) is 25.7 Å². The lowest BCUT2D eigenvalue weighted by Gasteiger charge is -2.49. The predicted octanol–water partition coefficient (Wildman–Crippen LogP) is 4.14. The minimum Gasteiger partial charge on any atom is -0.459 e. The molecule has 1 amide bonds. The molecule has 3 fully saturated rings. The Morgan fingerprint density at radius 1 is 0.922 bits per heavy atom. The van der Waals surface area contributed by atoms with E-state index in [-0.39, 0.29) is 43.2 Å². The Labute approximate surface area is 385 Å². The summed E-state index contributed by atoms with van der Waals surface area (Å²) < 4.78 is 38.1. The Kier molecular flexibility index (Phi) is 22.3. The number of aliphatic hydroxyl groups is 5. The minimum atomic E-state index is -1.82. The van der Waals surface area contributed by atoms with Gasteiger partial charge in [-0.2, -0.15) is 0 Å². The molecular formula is C48H91N3O13. The fourth-order valence-corrected chi connectivity index (χ4v) is 10.4. The van der Waals surface area contributed by atoms with Gasteiger partial charge in [-0.15, -0.1) is 0 Å². The number of unbranched alkanes of at least 4 members (excludes halogenated alkanes) is 4. The largest absolute Gasteiger partial charge is 0.459 e. The zero-order valence-corrected chi connectivity index (χ0v) is 42.0. The summed E-state index contributed by atoms with van der Waals surface area (Å²) in [5, 5.41) is 62.3. The smallest absolute Gasteiger partial charge is 0.311 e. The maximum atomic E-state index is 14.4. The summed E-state index contributed by atoms with van der Waals surface area (Å²) in [5.41, 5.74) is -4.48. The number of likely N-dealkylation sites (N-methyl/N-ethyl adjacent to an activating group) is 2. The number of nitrogens with zero attached hydrogens (tertiary/aromatic N) is 2. The van der Waals surface area contributed by atoms with E-state index in [1.54, 1.807) is 41.5 Å². The molecule has 0 aliphatic carbocycles. The molecule has 376 valence electrons. The number of nitrogens with one attached hydrogen (secondary N) is 1. The van der Waals surface area contributed by atoms with Gasteiger partial charge in [-0.25, -0.2) is 0 Å². The second kappa shape index (κ2) is 25.2. The van der Waals surface area contributed by atoms with Gasteiger partial charge in [-0.1, -0.05) is 53.4 Å². The van der Waals surface area contributed by atoms with Crippen LogP contribution in [0.25, 0.3) is 0 Å². The average molecular weight is 918 g/mol. The van der Waals surface area contributed by atoms with Crippen molar-refractivity contribution in [1.29, 1.82) is 0 Å². The highest BCUT2D eigenvalue weighted by Gasteiger charge is 2.53. The first kappa shape index (κ1) is 56.8. The summed E-state index contributed by atoms with van der Waals surface area (Å²) in [4.78, 5) is 30.8. The highest BCUT2D eigenvalue weighted by Crippen LogP contribution is 2.40. The molecule has 0 aromatic rings. The van der Waals surface area contributed by atoms with Gasteiger partial charge < -0.3 is 69.1 Å². The summed E-state index contributed by atoms with van der Waals surface area (Å²) in [6.45, 7) is 21.3. The highest BCUT2D eigenvalue weighted by atomic mass is 16.7. The van der Waals surface area contributed by atoms with Crippen LogP contribution in [0.1, 0.15) is 147 Å². The Balaban J connectivity index is 2.00. The maximum absolute atomic E-state index is 14.4. The average Bonchev–Trinajstić information content (AvgIpc) is 3.23. The second-order valence-corrected chi connectivity index (χ2v) is 20.5.